The fourth-order valence-corrected chi connectivity index (χ4v) is 3.69. The molecule has 0 saturated carbocycles. The number of esters is 1. The highest BCUT2D eigenvalue weighted by Crippen LogP contribution is 2.35. The van der Waals surface area contributed by atoms with Crippen LogP contribution in [0.1, 0.15) is 29.8 Å². The van der Waals surface area contributed by atoms with Crippen molar-refractivity contribution in [1.82, 2.24) is 9.88 Å². The third-order valence-corrected chi connectivity index (χ3v) is 5.57. The summed E-state index contributed by atoms with van der Waals surface area (Å²) in [5.74, 6) is -1.43. The van der Waals surface area contributed by atoms with Crippen LogP contribution in [0.2, 0.25) is 0 Å². The maximum absolute atomic E-state index is 13.3. The molecule has 1 aliphatic rings. The lowest BCUT2D eigenvalue weighted by molar-refractivity contribution is -0.274. The Hall–Kier alpha value is -4.41. The summed E-state index contributed by atoms with van der Waals surface area (Å²) in [5, 5.41) is 0. The molecule has 2 aromatic carbocycles. The molecule has 11 heteroatoms. The zero-order valence-corrected chi connectivity index (χ0v) is 19.2. The Morgan fingerprint density at radius 3 is 2.28 bits per heavy atom. The lowest BCUT2D eigenvalue weighted by Crippen LogP contribution is -2.44. The summed E-state index contributed by atoms with van der Waals surface area (Å²) in [6.45, 7) is 2.96. The van der Waals surface area contributed by atoms with Crippen LogP contribution in [-0.4, -0.2) is 39.7 Å². The molecule has 0 N–H and O–H groups in total. The molecule has 0 bridgehead atoms. The largest absolute Gasteiger partial charge is 0.573 e. The molecule has 0 radical (unpaired) electrons. The number of imide groups is 1. The molecule has 1 fully saturated rings. The number of ether oxygens (including phenoxy) is 2. The monoisotopic (exact) mass is 499 g/mol. The Kier molecular flexibility index (Phi) is 6.40. The number of alkyl halides is 3. The van der Waals surface area contributed by atoms with E-state index in [-0.39, 0.29) is 17.8 Å². The molecule has 0 spiro atoms. The van der Waals surface area contributed by atoms with Gasteiger partial charge in [-0.15, -0.1) is 13.2 Å². The topological polar surface area (TPSA) is 89.0 Å². The quantitative estimate of drug-likeness (QED) is 0.271. The number of rotatable bonds is 6. The number of hydrogen-bond acceptors (Lipinski definition) is 6. The Morgan fingerprint density at radius 1 is 0.972 bits per heavy atom. The van der Waals surface area contributed by atoms with E-state index in [1.165, 1.54) is 43.3 Å². The van der Waals surface area contributed by atoms with E-state index in [9.17, 15) is 27.6 Å². The molecule has 3 amide bonds. The minimum absolute atomic E-state index is 0.0774. The molecule has 186 valence electrons. The Balaban J connectivity index is 1.58. The summed E-state index contributed by atoms with van der Waals surface area (Å²) in [6, 6.07) is 13.7. The van der Waals surface area contributed by atoms with Crippen LogP contribution < -0.4 is 14.4 Å². The van der Waals surface area contributed by atoms with Gasteiger partial charge in [0, 0.05) is 18.9 Å². The number of amides is 3. The highest BCUT2D eigenvalue weighted by Gasteiger charge is 2.52. The molecule has 8 nitrogen and oxygen atoms in total. The van der Waals surface area contributed by atoms with Crippen LogP contribution in [0, 0.1) is 0 Å². The van der Waals surface area contributed by atoms with Gasteiger partial charge in [0.2, 0.25) is 0 Å². The predicted molar refractivity (Wildman–Crippen MR) is 121 cm³/mol. The average Bonchev–Trinajstić information content (AvgIpc) is 2.99. The number of hydrogen-bond donors (Lipinski definition) is 0. The molecule has 1 saturated heterocycles. The van der Waals surface area contributed by atoms with Crippen LogP contribution in [0.5, 0.6) is 11.5 Å². The molecule has 3 aromatic rings. The third-order valence-electron chi connectivity index (χ3n) is 5.57. The lowest BCUT2D eigenvalue weighted by Gasteiger charge is -2.28. The minimum Gasteiger partial charge on any atom is -0.423 e. The number of aromatic nitrogens is 1. The summed E-state index contributed by atoms with van der Waals surface area (Å²) in [5.41, 5.74) is -0.726. The van der Waals surface area contributed by atoms with Gasteiger partial charge in [0.05, 0.1) is 11.3 Å². The SMILES string of the molecule is CC1(C)C(=O)N(c2ccc(OC(F)(F)F)cc2)C(=O)N1Cc1ccncc1C(=O)Oc1ccccc1. The summed E-state index contributed by atoms with van der Waals surface area (Å²) in [7, 11) is 0. The van der Waals surface area contributed by atoms with E-state index in [1.54, 1.807) is 36.4 Å². The number of carbonyl (C=O) groups is 3. The Morgan fingerprint density at radius 2 is 1.64 bits per heavy atom. The lowest BCUT2D eigenvalue weighted by atomic mass is 10.0. The van der Waals surface area contributed by atoms with E-state index in [0.29, 0.717) is 11.3 Å². The van der Waals surface area contributed by atoms with Crippen molar-refractivity contribution in [1.29, 1.82) is 0 Å². The van der Waals surface area contributed by atoms with Crippen molar-refractivity contribution in [2.75, 3.05) is 4.90 Å². The predicted octanol–water partition coefficient (Wildman–Crippen LogP) is 4.95. The molecule has 0 unspecified atom stereocenters. The first-order chi connectivity index (χ1) is 17.0. The number of pyridine rings is 1. The van der Waals surface area contributed by atoms with E-state index in [1.807, 2.05) is 0 Å². The first-order valence-electron chi connectivity index (χ1n) is 10.7. The van der Waals surface area contributed by atoms with Gasteiger partial charge < -0.3 is 14.4 Å². The van der Waals surface area contributed by atoms with Crippen LogP contribution in [0.25, 0.3) is 0 Å². The number of benzene rings is 2. The number of carbonyl (C=O) groups excluding carboxylic acids is 3. The van der Waals surface area contributed by atoms with E-state index < -0.39 is 35.6 Å². The number of urea groups is 1. The van der Waals surface area contributed by atoms with Crippen molar-refractivity contribution in [2.24, 2.45) is 0 Å². The van der Waals surface area contributed by atoms with Gasteiger partial charge in [0.15, 0.2) is 0 Å². The summed E-state index contributed by atoms with van der Waals surface area (Å²) >= 11 is 0. The second kappa shape index (κ2) is 9.33. The number of nitrogens with zero attached hydrogens (tertiary/aromatic N) is 3. The maximum Gasteiger partial charge on any atom is 0.573 e. The van der Waals surface area contributed by atoms with Crippen molar-refractivity contribution in [2.45, 2.75) is 32.3 Å². The molecular formula is C25H20F3N3O5. The van der Waals surface area contributed by atoms with Gasteiger partial charge in [0.25, 0.3) is 5.91 Å². The normalized spacial score (nSPS) is 15.2. The molecule has 0 atom stereocenters. The maximum atomic E-state index is 13.3. The molecule has 36 heavy (non-hydrogen) atoms. The van der Waals surface area contributed by atoms with Gasteiger partial charge in [-0.3, -0.25) is 9.78 Å². The molecule has 0 aliphatic carbocycles. The van der Waals surface area contributed by atoms with E-state index in [4.69, 9.17) is 4.74 Å². The standard InChI is InChI=1S/C25H20F3N3O5/c1-24(2)22(33)31(17-8-10-19(11-9-17)36-25(26,27)28)23(34)30(24)15-16-12-13-29-14-20(16)21(32)35-18-6-4-3-5-7-18/h3-14H,15H2,1-2H3. The Bertz CT molecular complexity index is 1290. The van der Waals surface area contributed by atoms with Crippen molar-refractivity contribution < 1.29 is 37.0 Å². The van der Waals surface area contributed by atoms with Gasteiger partial charge in [-0.1, -0.05) is 18.2 Å². The van der Waals surface area contributed by atoms with Crippen molar-refractivity contribution in [3.05, 3.63) is 84.2 Å². The van der Waals surface area contributed by atoms with Gasteiger partial charge in [-0.05, 0) is 61.9 Å². The zero-order chi connectivity index (χ0) is 26.1. The van der Waals surface area contributed by atoms with Crippen molar-refractivity contribution in [3.63, 3.8) is 0 Å². The fraction of sp³-hybridized carbons (Fsp3) is 0.200. The molecule has 4 rings (SSSR count). The van der Waals surface area contributed by atoms with E-state index >= 15 is 0 Å². The first kappa shape index (κ1) is 24.7. The summed E-state index contributed by atoms with van der Waals surface area (Å²) < 4.78 is 46.6. The third kappa shape index (κ3) is 4.99. The molecule has 2 heterocycles. The fourth-order valence-electron chi connectivity index (χ4n) is 3.69. The number of halogens is 3. The summed E-state index contributed by atoms with van der Waals surface area (Å²) in [4.78, 5) is 45.4. The van der Waals surface area contributed by atoms with Crippen molar-refractivity contribution >= 4 is 23.6 Å². The molecular weight excluding hydrogens is 479 g/mol. The van der Waals surface area contributed by atoms with Crippen LogP contribution in [0.4, 0.5) is 23.7 Å². The van der Waals surface area contributed by atoms with Crippen LogP contribution in [0.3, 0.4) is 0 Å². The van der Waals surface area contributed by atoms with Gasteiger partial charge in [-0.2, -0.15) is 0 Å². The highest BCUT2D eigenvalue weighted by molar-refractivity contribution is 6.23. The van der Waals surface area contributed by atoms with Crippen molar-refractivity contribution in [3.8, 4) is 11.5 Å². The van der Waals surface area contributed by atoms with E-state index in [2.05, 4.69) is 9.72 Å². The molecule has 1 aliphatic heterocycles. The summed E-state index contributed by atoms with van der Waals surface area (Å²) in [6.07, 6.45) is -2.11. The van der Waals surface area contributed by atoms with Gasteiger partial charge in [0.1, 0.15) is 17.0 Å². The second-order valence-electron chi connectivity index (χ2n) is 8.35. The second-order valence-corrected chi connectivity index (χ2v) is 8.35. The minimum atomic E-state index is -4.87. The zero-order valence-electron chi connectivity index (χ0n) is 19.2. The van der Waals surface area contributed by atoms with Crippen LogP contribution >= 0.6 is 0 Å². The van der Waals surface area contributed by atoms with Gasteiger partial charge in [-0.25, -0.2) is 14.5 Å². The Labute approximate surface area is 203 Å². The van der Waals surface area contributed by atoms with Crippen LogP contribution in [-0.2, 0) is 11.3 Å². The van der Waals surface area contributed by atoms with Gasteiger partial charge >= 0.3 is 18.4 Å². The first-order valence-corrected chi connectivity index (χ1v) is 10.7. The number of anilines is 1. The van der Waals surface area contributed by atoms with Crippen LogP contribution in [0.15, 0.2) is 73.1 Å². The highest BCUT2D eigenvalue weighted by atomic mass is 19.4. The average molecular weight is 499 g/mol. The number of para-hydroxylation sites is 1. The molecule has 1 aromatic heterocycles. The van der Waals surface area contributed by atoms with E-state index in [0.717, 1.165) is 17.0 Å². The smallest absolute Gasteiger partial charge is 0.423 e.